The van der Waals surface area contributed by atoms with E-state index in [9.17, 15) is 22.8 Å². The number of amides is 2. The lowest BCUT2D eigenvalue weighted by molar-refractivity contribution is -0.138. The number of hydrogen-bond donors (Lipinski definition) is 2. The highest BCUT2D eigenvalue weighted by Crippen LogP contribution is 2.38. The molecule has 1 aliphatic heterocycles. The van der Waals surface area contributed by atoms with Gasteiger partial charge in [-0.2, -0.15) is 18.4 Å². The molecular formula is C22H18F3N3O3. The van der Waals surface area contributed by atoms with Crippen molar-refractivity contribution in [2.45, 2.75) is 32.0 Å². The number of carboxylic acid groups (broad SMARTS) is 1. The number of nitrogens with one attached hydrogen (secondary N) is 1. The molecule has 0 aliphatic carbocycles. The molecule has 0 fully saturated rings. The number of anilines is 1. The molecular weight excluding hydrogens is 411 g/mol. The van der Waals surface area contributed by atoms with Crippen LogP contribution in [0.2, 0.25) is 0 Å². The number of allylic oxidation sites excluding steroid dienone is 1. The Kier molecular flexibility index (Phi) is 6.02. The van der Waals surface area contributed by atoms with Gasteiger partial charge in [0.15, 0.2) is 0 Å². The number of alkyl halides is 3. The smallest absolute Gasteiger partial charge is 0.416 e. The van der Waals surface area contributed by atoms with E-state index in [0.717, 1.165) is 17.0 Å². The number of carboxylic acids is 1. The fraction of sp³-hybridized carbons (Fsp3) is 0.227. The number of halogens is 3. The fourth-order valence-electron chi connectivity index (χ4n) is 3.51. The van der Waals surface area contributed by atoms with Gasteiger partial charge in [0.05, 0.1) is 28.9 Å². The predicted octanol–water partition coefficient (Wildman–Crippen LogP) is 4.99. The van der Waals surface area contributed by atoms with E-state index in [1.165, 1.54) is 12.1 Å². The Bertz CT molecular complexity index is 1090. The van der Waals surface area contributed by atoms with Crippen LogP contribution in [-0.4, -0.2) is 17.1 Å². The van der Waals surface area contributed by atoms with E-state index < -0.39 is 29.8 Å². The maximum absolute atomic E-state index is 13.1. The van der Waals surface area contributed by atoms with Crippen molar-refractivity contribution in [2.75, 3.05) is 4.90 Å². The third-order valence-electron chi connectivity index (χ3n) is 5.03. The van der Waals surface area contributed by atoms with Crippen molar-refractivity contribution < 1.29 is 27.9 Å². The molecule has 0 unspecified atom stereocenters. The summed E-state index contributed by atoms with van der Waals surface area (Å²) in [6.07, 6.45) is -4.70. The molecule has 0 aromatic heterocycles. The highest BCUT2D eigenvalue weighted by molar-refractivity contribution is 5.97. The molecule has 1 atom stereocenters. The minimum absolute atomic E-state index is 0.0240. The molecule has 0 radical (unpaired) electrons. The minimum atomic E-state index is -4.57. The van der Waals surface area contributed by atoms with Gasteiger partial charge >= 0.3 is 18.2 Å². The van der Waals surface area contributed by atoms with Crippen molar-refractivity contribution >= 4 is 17.7 Å². The Morgan fingerprint density at radius 2 is 1.90 bits per heavy atom. The Morgan fingerprint density at radius 3 is 2.48 bits per heavy atom. The lowest BCUT2D eigenvalue weighted by Gasteiger charge is -2.36. The summed E-state index contributed by atoms with van der Waals surface area (Å²) in [7, 11) is 0. The number of aliphatic carboxylic acids is 1. The van der Waals surface area contributed by atoms with E-state index in [1.54, 1.807) is 31.2 Å². The molecule has 2 aromatic carbocycles. The van der Waals surface area contributed by atoms with Crippen molar-refractivity contribution in [1.29, 1.82) is 5.26 Å². The van der Waals surface area contributed by atoms with Crippen LogP contribution < -0.4 is 10.2 Å². The lowest BCUT2D eigenvalue weighted by Crippen LogP contribution is -2.46. The maximum atomic E-state index is 13.1. The first-order chi connectivity index (χ1) is 14.6. The van der Waals surface area contributed by atoms with Crippen LogP contribution in [-0.2, 0) is 11.0 Å². The molecule has 6 nitrogen and oxygen atoms in total. The van der Waals surface area contributed by atoms with Crippen molar-refractivity contribution in [3.63, 3.8) is 0 Å². The second-order valence-corrected chi connectivity index (χ2v) is 7.00. The van der Waals surface area contributed by atoms with Crippen LogP contribution in [0.5, 0.6) is 0 Å². The summed E-state index contributed by atoms with van der Waals surface area (Å²) in [6, 6.07) is 11.5. The second kappa shape index (κ2) is 8.52. The monoisotopic (exact) mass is 429 g/mol. The van der Waals surface area contributed by atoms with Gasteiger partial charge in [0.2, 0.25) is 0 Å². The summed E-state index contributed by atoms with van der Waals surface area (Å²) in [6.45, 7) is 1.58. The zero-order valence-corrected chi connectivity index (χ0v) is 16.4. The largest absolute Gasteiger partial charge is 0.481 e. The summed E-state index contributed by atoms with van der Waals surface area (Å²) in [5, 5.41) is 20.9. The predicted molar refractivity (Wildman–Crippen MR) is 106 cm³/mol. The first-order valence-corrected chi connectivity index (χ1v) is 9.31. The van der Waals surface area contributed by atoms with Crippen molar-refractivity contribution in [2.24, 2.45) is 0 Å². The molecule has 0 saturated carbocycles. The summed E-state index contributed by atoms with van der Waals surface area (Å²) in [5.41, 5.74) is 1.10. The van der Waals surface area contributed by atoms with Gasteiger partial charge in [-0.1, -0.05) is 18.2 Å². The first kappa shape index (κ1) is 21.9. The maximum Gasteiger partial charge on any atom is 0.416 e. The highest BCUT2D eigenvalue weighted by atomic mass is 19.4. The number of nitrogens with zero attached hydrogens (tertiary/aromatic N) is 2. The quantitative estimate of drug-likeness (QED) is 0.701. The van der Waals surface area contributed by atoms with Gasteiger partial charge < -0.3 is 10.4 Å². The van der Waals surface area contributed by atoms with E-state index in [0.29, 0.717) is 22.4 Å². The van der Waals surface area contributed by atoms with E-state index in [4.69, 9.17) is 10.4 Å². The summed E-state index contributed by atoms with van der Waals surface area (Å²) >= 11 is 0. The molecule has 9 heteroatoms. The minimum Gasteiger partial charge on any atom is -0.481 e. The lowest BCUT2D eigenvalue weighted by atomic mass is 9.91. The molecule has 1 aliphatic rings. The van der Waals surface area contributed by atoms with Gasteiger partial charge in [0, 0.05) is 12.1 Å². The Labute approximate surface area is 176 Å². The van der Waals surface area contributed by atoms with Crippen molar-refractivity contribution in [1.82, 2.24) is 5.32 Å². The molecule has 160 valence electrons. The standard InChI is InChI=1S/C22H18F3N3O3/c1-13-18(9-10-19(29)30)20(15-7-5-14(12-26)6-8-15)27-21(31)28(13)17-4-2-3-16(11-17)22(23,24)25/h2-8,11,20H,9-10H2,1H3,(H,27,31)(H,29,30)/t20-/m1/s1. The summed E-state index contributed by atoms with van der Waals surface area (Å²) in [4.78, 5) is 25.2. The van der Waals surface area contributed by atoms with Crippen LogP contribution in [0.3, 0.4) is 0 Å². The summed E-state index contributed by atoms with van der Waals surface area (Å²) < 4.78 is 39.4. The molecule has 0 saturated heterocycles. The average molecular weight is 429 g/mol. The third kappa shape index (κ3) is 4.69. The van der Waals surface area contributed by atoms with Crippen molar-refractivity contribution in [3.05, 3.63) is 76.5 Å². The van der Waals surface area contributed by atoms with Crippen LogP contribution in [0.25, 0.3) is 0 Å². The third-order valence-corrected chi connectivity index (χ3v) is 5.03. The Balaban J connectivity index is 2.08. The van der Waals surface area contributed by atoms with Crippen molar-refractivity contribution in [3.8, 4) is 6.07 Å². The molecule has 3 rings (SSSR count). The van der Waals surface area contributed by atoms with Crippen LogP contribution in [0.1, 0.15) is 42.5 Å². The number of carbonyl (C=O) groups excluding carboxylic acids is 1. The van der Waals surface area contributed by atoms with E-state index in [-0.39, 0.29) is 18.5 Å². The molecule has 1 heterocycles. The van der Waals surface area contributed by atoms with Gasteiger partial charge in [0.25, 0.3) is 0 Å². The molecule has 0 bridgehead atoms. The number of nitriles is 1. The molecule has 2 aromatic rings. The number of carbonyl (C=O) groups is 2. The van der Waals surface area contributed by atoms with Crippen LogP contribution in [0.4, 0.5) is 23.7 Å². The molecule has 0 spiro atoms. The van der Waals surface area contributed by atoms with E-state index >= 15 is 0 Å². The van der Waals surface area contributed by atoms with Gasteiger partial charge in [-0.25, -0.2) is 4.79 Å². The Morgan fingerprint density at radius 1 is 1.23 bits per heavy atom. The number of benzene rings is 2. The number of hydrogen-bond acceptors (Lipinski definition) is 3. The van der Waals surface area contributed by atoms with Gasteiger partial charge in [-0.3, -0.25) is 9.69 Å². The first-order valence-electron chi connectivity index (χ1n) is 9.31. The average Bonchev–Trinajstić information content (AvgIpc) is 2.72. The number of urea groups is 1. The topological polar surface area (TPSA) is 93.4 Å². The van der Waals surface area contributed by atoms with Crippen LogP contribution >= 0.6 is 0 Å². The zero-order chi connectivity index (χ0) is 22.8. The van der Waals surface area contributed by atoms with Gasteiger partial charge in [0.1, 0.15) is 0 Å². The van der Waals surface area contributed by atoms with E-state index in [1.807, 2.05) is 6.07 Å². The molecule has 2 N–H and O–H groups in total. The van der Waals surface area contributed by atoms with Gasteiger partial charge in [-0.15, -0.1) is 0 Å². The zero-order valence-electron chi connectivity index (χ0n) is 16.4. The van der Waals surface area contributed by atoms with Crippen LogP contribution in [0.15, 0.2) is 59.8 Å². The second-order valence-electron chi connectivity index (χ2n) is 7.00. The Hall–Kier alpha value is -3.80. The van der Waals surface area contributed by atoms with Crippen LogP contribution in [0, 0.1) is 11.3 Å². The van der Waals surface area contributed by atoms with E-state index in [2.05, 4.69) is 5.32 Å². The fourth-order valence-corrected chi connectivity index (χ4v) is 3.51. The highest BCUT2D eigenvalue weighted by Gasteiger charge is 2.35. The molecule has 2 amide bonds. The SMILES string of the molecule is CC1=C(CCC(=O)O)[C@@H](c2ccc(C#N)cc2)NC(=O)N1c1cccc(C(F)(F)F)c1. The normalized spacial score (nSPS) is 16.7. The van der Waals surface area contributed by atoms with Gasteiger partial charge in [-0.05, 0) is 54.8 Å². The number of rotatable bonds is 5. The molecule has 31 heavy (non-hydrogen) atoms. The summed E-state index contributed by atoms with van der Waals surface area (Å²) in [5.74, 6) is -1.04.